The predicted molar refractivity (Wildman–Crippen MR) is 50.1 cm³/mol. The van der Waals surface area contributed by atoms with Crippen LogP contribution in [0.1, 0.15) is 6.92 Å². The molecular formula is C7H14N2O4S. The smallest absolute Gasteiger partial charge is 0.320 e. The van der Waals surface area contributed by atoms with Gasteiger partial charge in [0, 0.05) is 19.1 Å². The summed E-state index contributed by atoms with van der Waals surface area (Å²) in [6.45, 7) is 2.38. The second-order valence-corrected chi connectivity index (χ2v) is 5.58. The molecule has 2 unspecified atom stereocenters. The number of aliphatic carboxylic acids is 1. The van der Waals surface area contributed by atoms with E-state index in [4.69, 9.17) is 10.8 Å². The largest absolute Gasteiger partial charge is 0.480 e. The van der Waals surface area contributed by atoms with E-state index in [9.17, 15) is 13.2 Å². The highest BCUT2D eigenvalue weighted by Gasteiger charge is 2.35. The molecule has 1 aliphatic heterocycles. The zero-order valence-electron chi connectivity index (χ0n) is 7.88. The summed E-state index contributed by atoms with van der Waals surface area (Å²) < 4.78 is 24.0. The Morgan fingerprint density at radius 2 is 2.14 bits per heavy atom. The van der Waals surface area contributed by atoms with E-state index in [-0.39, 0.29) is 18.5 Å². The highest BCUT2D eigenvalue weighted by Crippen LogP contribution is 2.18. The lowest BCUT2D eigenvalue weighted by atomic mass is 10.1. The fourth-order valence-electron chi connectivity index (χ4n) is 1.42. The Bertz CT molecular complexity index is 317. The first-order chi connectivity index (χ1) is 6.33. The molecule has 0 aromatic rings. The van der Waals surface area contributed by atoms with Crippen LogP contribution >= 0.6 is 0 Å². The van der Waals surface area contributed by atoms with Crippen molar-refractivity contribution in [3.63, 3.8) is 0 Å². The molecule has 7 heteroatoms. The molecule has 0 aromatic heterocycles. The standard InChI is InChI=1S/C7H14N2O4S/c1-5-2-9(3-6(5)8)14(12,13)4-7(10)11/h5-6H,2-4,8H2,1H3,(H,10,11). The molecule has 1 rings (SSSR count). The number of nitrogens with zero attached hydrogens (tertiary/aromatic N) is 1. The van der Waals surface area contributed by atoms with E-state index in [2.05, 4.69) is 0 Å². The molecule has 6 nitrogen and oxygen atoms in total. The Morgan fingerprint density at radius 3 is 2.50 bits per heavy atom. The average molecular weight is 222 g/mol. The van der Waals surface area contributed by atoms with Gasteiger partial charge in [-0.1, -0.05) is 6.92 Å². The maximum atomic E-state index is 11.4. The number of nitrogens with two attached hydrogens (primary N) is 1. The number of hydrogen-bond donors (Lipinski definition) is 2. The van der Waals surface area contributed by atoms with E-state index in [1.807, 2.05) is 6.92 Å². The number of carbonyl (C=O) groups is 1. The van der Waals surface area contributed by atoms with Crippen molar-refractivity contribution in [3.8, 4) is 0 Å². The molecule has 0 amide bonds. The van der Waals surface area contributed by atoms with Crippen LogP contribution in [0, 0.1) is 5.92 Å². The van der Waals surface area contributed by atoms with Gasteiger partial charge in [-0.3, -0.25) is 4.79 Å². The third-order valence-corrected chi connectivity index (χ3v) is 4.03. The molecule has 3 N–H and O–H groups in total. The Balaban J connectivity index is 2.71. The van der Waals surface area contributed by atoms with Crippen LogP contribution in [-0.2, 0) is 14.8 Å². The third-order valence-electron chi connectivity index (χ3n) is 2.34. The number of carboxylic acids is 1. The maximum Gasteiger partial charge on any atom is 0.320 e. The van der Waals surface area contributed by atoms with Crippen LogP contribution in [0.2, 0.25) is 0 Å². The molecule has 0 saturated carbocycles. The van der Waals surface area contributed by atoms with Crippen molar-refractivity contribution >= 4 is 16.0 Å². The van der Waals surface area contributed by atoms with Crippen LogP contribution in [0.3, 0.4) is 0 Å². The lowest BCUT2D eigenvalue weighted by molar-refractivity contribution is -0.134. The number of sulfonamides is 1. The summed E-state index contributed by atoms with van der Waals surface area (Å²) in [7, 11) is -3.67. The van der Waals surface area contributed by atoms with Crippen molar-refractivity contribution in [2.45, 2.75) is 13.0 Å². The molecule has 1 heterocycles. The molecule has 1 fully saturated rings. The summed E-state index contributed by atoms with van der Waals surface area (Å²) in [6.07, 6.45) is 0. The van der Waals surface area contributed by atoms with Gasteiger partial charge in [0.05, 0.1) is 0 Å². The van der Waals surface area contributed by atoms with Gasteiger partial charge in [0.1, 0.15) is 0 Å². The van der Waals surface area contributed by atoms with Gasteiger partial charge < -0.3 is 10.8 Å². The van der Waals surface area contributed by atoms with Crippen LogP contribution < -0.4 is 5.73 Å². The van der Waals surface area contributed by atoms with E-state index >= 15 is 0 Å². The van der Waals surface area contributed by atoms with Gasteiger partial charge in [-0.25, -0.2) is 8.42 Å². The number of hydrogen-bond acceptors (Lipinski definition) is 4. The first-order valence-corrected chi connectivity index (χ1v) is 5.89. The molecule has 0 aliphatic carbocycles. The molecule has 82 valence electrons. The minimum absolute atomic E-state index is 0.0820. The van der Waals surface area contributed by atoms with Gasteiger partial charge in [0.2, 0.25) is 10.0 Å². The quantitative estimate of drug-likeness (QED) is 0.616. The van der Waals surface area contributed by atoms with Crippen molar-refractivity contribution in [3.05, 3.63) is 0 Å². The van der Waals surface area contributed by atoms with Gasteiger partial charge in [-0.2, -0.15) is 4.31 Å². The zero-order valence-corrected chi connectivity index (χ0v) is 8.70. The van der Waals surface area contributed by atoms with Crippen molar-refractivity contribution in [2.24, 2.45) is 11.7 Å². The van der Waals surface area contributed by atoms with E-state index in [1.165, 1.54) is 0 Å². The number of carboxylic acid groups (broad SMARTS) is 1. The summed E-state index contributed by atoms with van der Waals surface area (Å²) in [5, 5.41) is 8.40. The zero-order chi connectivity index (χ0) is 10.9. The average Bonchev–Trinajstić information content (AvgIpc) is 2.30. The molecular weight excluding hydrogens is 208 g/mol. The molecule has 1 aliphatic rings. The monoisotopic (exact) mass is 222 g/mol. The SMILES string of the molecule is CC1CN(S(=O)(=O)CC(=O)O)CC1N. The third kappa shape index (κ3) is 2.43. The molecule has 14 heavy (non-hydrogen) atoms. The topological polar surface area (TPSA) is 101 Å². The molecule has 0 radical (unpaired) electrons. The summed E-state index contributed by atoms with van der Waals surface area (Å²) in [5.41, 5.74) is 5.64. The Hall–Kier alpha value is -0.660. The van der Waals surface area contributed by atoms with E-state index in [1.54, 1.807) is 0 Å². The number of rotatable bonds is 3. The molecule has 1 saturated heterocycles. The predicted octanol–water partition coefficient (Wildman–Crippen LogP) is -1.32. The Kier molecular flexibility index (Phi) is 3.13. The van der Waals surface area contributed by atoms with Crippen molar-refractivity contribution < 1.29 is 18.3 Å². The highest BCUT2D eigenvalue weighted by molar-refractivity contribution is 7.89. The van der Waals surface area contributed by atoms with E-state index in [0.29, 0.717) is 6.54 Å². The van der Waals surface area contributed by atoms with E-state index < -0.39 is 21.7 Å². The second-order valence-electron chi connectivity index (χ2n) is 3.61. The van der Waals surface area contributed by atoms with Crippen LogP contribution in [0.5, 0.6) is 0 Å². The fraction of sp³-hybridized carbons (Fsp3) is 0.857. The minimum atomic E-state index is -3.67. The fourth-order valence-corrected chi connectivity index (χ4v) is 2.78. The summed E-state index contributed by atoms with van der Waals surface area (Å²) in [5.74, 6) is -2.11. The first-order valence-electron chi connectivity index (χ1n) is 4.28. The minimum Gasteiger partial charge on any atom is -0.480 e. The van der Waals surface area contributed by atoms with Gasteiger partial charge >= 0.3 is 5.97 Å². The maximum absolute atomic E-state index is 11.4. The summed E-state index contributed by atoms with van der Waals surface area (Å²) >= 11 is 0. The Morgan fingerprint density at radius 1 is 1.57 bits per heavy atom. The Labute approximate surface area is 82.7 Å². The molecule has 0 aromatic carbocycles. The van der Waals surface area contributed by atoms with Gasteiger partial charge in [-0.15, -0.1) is 0 Å². The van der Waals surface area contributed by atoms with Crippen molar-refractivity contribution in [2.75, 3.05) is 18.8 Å². The van der Waals surface area contributed by atoms with Crippen molar-refractivity contribution in [1.82, 2.24) is 4.31 Å². The van der Waals surface area contributed by atoms with Gasteiger partial charge in [-0.05, 0) is 5.92 Å². The van der Waals surface area contributed by atoms with Crippen LogP contribution in [-0.4, -0.2) is 48.7 Å². The molecule has 2 atom stereocenters. The van der Waals surface area contributed by atoms with Gasteiger partial charge in [0.25, 0.3) is 0 Å². The van der Waals surface area contributed by atoms with Crippen LogP contribution in [0.25, 0.3) is 0 Å². The van der Waals surface area contributed by atoms with Crippen LogP contribution in [0.4, 0.5) is 0 Å². The summed E-state index contributed by atoms with van der Waals surface area (Å²) in [4.78, 5) is 10.3. The molecule has 0 spiro atoms. The highest BCUT2D eigenvalue weighted by atomic mass is 32.2. The molecule has 0 bridgehead atoms. The van der Waals surface area contributed by atoms with Crippen molar-refractivity contribution in [1.29, 1.82) is 0 Å². The lowest BCUT2D eigenvalue weighted by Gasteiger charge is -2.13. The first kappa shape index (κ1) is 11.4. The normalized spacial score (nSPS) is 29.3. The van der Waals surface area contributed by atoms with Gasteiger partial charge in [0.15, 0.2) is 5.75 Å². The second kappa shape index (κ2) is 3.84. The van der Waals surface area contributed by atoms with Crippen LogP contribution in [0.15, 0.2) is 0 Å². The van der Waals surface area contributed by atoms with E-state index in [0.717, 1.165) is 4.31 Å². The lowest BCUT2D eigenvalue weighted by Crippen LogP contribution is -2.35. The summed E-state index contributed by atoms with van der Waals surface area (Å²) in [6, 6.07) is -0.196.